The molecule has 10 heteroatoms. The molecule has 2 aromatic carbocycles. The van der Waals surface area contributed by atoms with Gasteiger partial charge in [-0.05, 0) is 55.7 Å². The van der Waals surface area contributed by atoms with Crippen molar-refractivity contribution in [2.45, 2.75) is 41.4 Å². The molecule has 0 heterocycles. The van der Waals surface area contributed by atoms with Crippen LogP contribution in [0.1, 0.15) is 36.0 Å². The third-order valence-corrected chi connectivity index (χ3v) is 9.43. The number of aliphatic hydroxyl groups is 1. The highest BCUT2D eigenvalue weighted by atomic mass is 35.5. The number of halogens is 4. The number of sulfone groups is 1. The van der Waals surface area contributed by atoms with Crippen molar-refractivity contribution in [3.8, 4) is 0 Å². The fourth-order valence-corrected chi connectivity index (χ4v) is 7.93. The van der Waals surface area contributed by atoms with E-state index < -0.39 is 44.0 Å². The molecule has 0 radical (unpaired) electrons. The van der Waals surface area contributed by atoms with Gasteiger partial charge in [0.25, 0.3) is 5.91 Å². The van der Waals surface area contributed by atoms with E-state index in [0.29, 0.717) is 25.0 Å². The summed E-state index contributed by atoms with van der Waals surface area (Å²) in [5, 5.41) is 12.0. The Morgan fingerprint density at radius 2 is 1.70 bits per heavy atom. The van der Waals surface area contributed by atoms with Crippen LogP contribution in [-0.2, 0) is 9.84 Å². The Balaban J connectivity index is 1.64. The molecule has 2 bridgehead atoms. The van der Waals surface area contributed by atoms with Crippen molar-refractivity contribution in [1.82, 2.24) is 0 Å². The van der Waals surface area contributed by atoms with Crippen molar-refractivity contribution in [3.63, 3.8) is 0 Å². The van der Waals surface area contributed by atoms with E-state index >= 15 is 0 Å². The maximum absolute atomic E-state index is 13.6. The number of amides is 1. The van der Waals surface area contributed by atoms with Crippen LogP contribution < -0.4 is 5.32 Å². The smallest absolute Gasteiger partial charge is 0.255 e. The number of hydrogen-bond donors (Lipinski definition) is 2. The van der Waals surface area contributed by atoms with Gasteiger partial charge in [-0.15, -0.1) is 6.58 Å². The Morgan fingerprint density at radius 1 is 1.12 bits per heavy atom. The van der Waals surface area contributed by atoms with E-state index in [-0.39, 0.29) is 45.8 Å². The molecule has 0 aromatic heterocycles. The molecular weight excluding hydrogens is 479 g/mol. The van der Waals surface area contributed by atoms with Gasteiger partial charge in [0.15, 0.2) is 27.3 Å². The molecule has 4 atom stereocenters. The minimum Gasteiger partial charge on any atom is -0.386 e. The molecule has 2 aromatic rings. The standard InChI is InChI=1S/C23H21ClF3NO4S/c1-2-23(30)10-13-3-4-14(11-23)21(13)33(31,32)19-7-12(5-6-16(19)24)22(29)28-15-8-17(25)20(27)18(26)9-15/h2,5-9,13-14,21,30H,1,3-4,10-11H2,(H,28,29)/t13-,14?,21+,23+/m0/s1. The van der Waals surface area contributed by atoms with Gasteiger partial charge in [-0.1, -0.05) is 17.7 Å². The molecule has 1 amide bonds. The summed E-state index contributed by atoms with van der Waals surface area (Å²) < 4.78 is 67.2. The number of fused-ring (bicyclic) bond motifs is 2. The molecule has 2 aliphatic carbocycles. The van der Waals surface area contributed by atoms with Crippen molar-refractivity contribution in [2.75, 3.05) is 5.32 Å². The Bertz CT molecular complexity index is 1210. The van der Waals surface area contributed by atoms with Crippen LogP contribution in [-0.4, -0.2) is 30.3 Å². The highest BCUT2D eigenvalue weighted by molar-refractivity contribution is 7.92. The fraction of sp³-hybridized carbons (Fsp3) is 0.348. The first kappa shape index (κ1) is 23.8. The molecule has 2 saturated carbocycles. The van der Waals surface area contributed by atoms with Crippen molar-refractivity contribution >= 4 is 33.0 Å². The number of benzene rings is 2. The maximum atomic E-state index is 13.6. The van der Waals surface area contributed by atoms with E-state index in [9.17, 15) is 31.5 Å². The Kier molecular flexibility index (Phi) is 6.09. The first-order chi connectivity index (χ1) is 15.4. The van der Waals surface area contributed by atoms with Crippen molar-refractivity contribution in [3.05, 3.63) is 71.0 Å². The van der Waals surface area contributed by atoms with Gasteiger partial charge < -0.3 is 10.4 Å². The maximum Gasteiger partial charge on any atom is 0.255 e. The lowest BCUT2D eigenvalue weighted by atomic mass is 9.77. The third kappa shape index (κ3) is 4.29. The van der Waals surface area contributed by atoms with Gasteiger partial charge in [-0.25, -0.2) is 21.6 Å². The number of carbonyl (C=O) groups excluding carboxylic acids is 1. The van der Waals surface area contributed by atoms with Gasteiger partial charge in [-0.3, -0.25) is 4.79 Å². The van der Waals surface area contributed by atoms with Crippen LogP contribution in [0, 0.1) is 29.3 Å². The first-order valence-corrected chi connectivity index (χ1v) is 12.2. The summed E-state index contributed by atoms with van der Waals surface area (Å²) in [5.41, 5.74) is -1.54. The zero-order valence-corrected chi connectivity index (χ0v) is 18.9. The summed E-state index contributed by atoms with van der Waals surface area (Å²) in [6.45, 7) is 3.66. The lowest BCUT2D eigenvalue weighted by Gasteiger charge is -2.39. The molecule has 2 N–H and O–H groups in total. The second kappa shape index (κ2) is 8.45. The summed E-state index contributed by atoms with van der Waals surface area (Å²) >= 11 is 6.21. The van der Waals surface area contributed by atoms with Crippen LogP contribution >= 0.6 is 11.6 Å². The van der Waals surface area contributed by atoms with Crippen molar-refractivity contribution in [1.29, 1.82) is 0 Å². The molecule has 0 spiro atoms. The van der Waals surface area contributed by atoms with Crippen LogP contribution in [0.3, 0.4) is 0 Å². The second-order valence-corrected chi connectivity index (χ2v) is 11.2. The average molecular weight is 500 g/mol. The zero-order chi connectivity index (χ0) is 24.1. The Hall–Kier alpha value is -2.36. The molecule has 1 unspecified atom stereocenters. The molecule has 0 saturated heterocycles. The normalized spacial score (nSPS) is 26.8. The number of nitrogens with one attached hydrogen (secondary N) is 1. The zero-order valence-electron chi connectivity index (χ0n) is 17.3. The average Bonchev–Trinajstić information content (AvgIpc) is 3.05. The van der Waals surface area contributed by atoms with Crippen LogP contribution in [0.4, 0.5) is 18.9 Å². The van der Waals surface area contributed by atoms with Gasteiger partial charge >= 0.3 is 0 Å². The van der Waals surface area contributed by atoms with Crippen LogP contribution in [0.15, 0.2) is 47.9 Å². The predicted octanol–water partition coefficient (Wildman–Crippen LogP) is 4.89. The molecule has 2 aliphatic rings. The minimum atomic E-state index is -3.96. The van der Waals surface area contributed by atoms with Gasteiger partial charge in [0.1, 0.15) is 0 Å². The van der Waals surface area contributed by atoms with Gasteiger partial charge in [0.2, 0.25) is 0 Å². The van der Waals surface area contributed by atoms with Crippen molar-refractivity contribution in [2.24, 2.45) is 11.8 Å². The van der Waals surface area contributed by atoms with Gasteiger partial charge in [0, 0.05) is 23.4 Å². The minimum absolute atomic E-state index is 0.0608. The summed E-state index contributed by atoms with van der Waals surface area (Å²) in [4.78, 5) is 12.4. The van der Waals surface area contributed by atoms with E-state index in [2.05, 4.69) is 11.9 Å². The SMILES string of the molecule is C=C[C@]1(O)CC2CC[C@@H](C1)[C@H]2S(=O)(=O)c1cc(C(=O)Nc2cc(F)c(F)c(F)c2)ccc1Cl. The molecule has 5 nitrogen and oxygen atoms in total. The lowest BCUT2D eigenvalue weighted by molar-refractivity contribution is 0.0254. The third-order valence-electron chi connectivity index (χ3n) is 6.55. The van der Waals surface area contributed by atoms with E-state index in [1.807, 2.05) is 0 Å². The fourth-order valence-electron chi connectivity index (χ4n) is 5.08. The summed E-state index contributed by atoms with van der Waals surface area (Å²) in [6.07, 6.45) is 3.29. The summed E-state index contributed by atoms with van der Waals surface area (Å²) in [5.74, 6) is -6.03. The number of rotatable bonds is 5. The highest BCUT2D eigenvalue weighted by Gasteiger charge is 2.53. The van der Waals surface area contributed by atoms with Gasteiger partial charge in [0.05, 0.1) is 20.8 Å². The highest BCUT2D eigenvalue weighted by Crippen LogP contribution is 2.51. The second-order valence-electron chi connectivity index (χ2n) is 8.68. The van der Waals surface area contributed by atoms with E-state index in [1.165, 1.54) is 18.2 Å². The van der Waals surface area contributed by atoms with Crippen LogP contribution in [0.25, 0.3) is 0 Å². The van der Waals surface area contributed by atoms with Crippen LogP contribution in [0.2, 0.25) is 5.02 Å². The summed E-state index contributed by atoms with van der Waals surface area (Å²) in [7, 11) is -3.96. The first-order valence-electron chi connectivity index (χ1n) is 10.3. The quantitative estimate of drug-likeness (QED) is 0.453. The van der Waals surface area contributed by atoms with E-state index in [1.54, 1.807) is 0 Å². The molecule has 33 heavy (non-hydrogen) atoms. The van der Waals surface area contributed by atoms with Crippen LogP contribution in [0.5, 0.6) is 0 Å². The Labute approximate surface area is 194 Å². The lowest BCUT2D eigenvalue weighted by Crippen LogP contribution is -2.45. The van der Waals surface area contributed by atoms with E-state index in [0.717, 1.165) is 6.07 Å². The number of carbonyl (C=O) groups is 1. The number of hydrogen-bond acceptors (Lipinski definition) is 4. The molecule has 176 valence electrons. The van der Waals surface area contributed by atoms with Crippen molar-refractivity contribution < 1.29 is 31.5 Å². The topological polar surface area (TPSA) is 83.5 Å². The monoisotopic (exact) mass is 499 g/mol. The Morgan fingerprint density at radius 3 is 2.24 bits per heavy atom. The van der Waals surface area contributed by atoms with E-state index in [4.69, 9.17) is 11.6 Å². The summed E-state index contributed by atoms with van der Waals surface area (Å²) in [6, 6.07) is 4.89. The predicted molar refractivity (Wildman–Crippen MR) is 117 cm³/mol. The molecule has 2 fully saturated rings. The largest absolute Gasteiger partial charge is 0.386 e. The number of anilines is 1. The van der Waals surface area contributed by atoms with Gasteiger partial charge in [-0.2, -0.15) is 0 Å². The molecule has 4 rings (SSSR count). The molecular formula is C23H21ClF3NO4S. The molecule has 0 aliphatic heterocycles.